The lowest BCUT2D eigenvalue weighted by atomic mass is 10.0. The molecular formula is C17H16F3N3O2. The zero-order chi connectivity index (χ0) is 18.0. The monoisotopic (exact) mass is 351 g/mol. The molecule has 3 rings (SSSR count). The fourth-order valence-corrected chi connectivity index (χ4v) is 3.03. The van der Waals surface area contributed by atoms with Crippen molar-refractivity contribution in [3.05, 3.63) is 59.7 Å². The molecule has 1 aromatic carbocycles. The van der Waals surface area contributed by atoms with Gasteiger partial charge in [0.25, 0.3) is 0 Å². The van der Waals surface area contributed by atoms with E-state index in [9.17, 15) is 23.1 Å². The Morgan fingerprint density at radius 3 is 2.68 bits per heavy atom. The molecule has 8 heteroatoms. The van der Waals surface area contributed by atoms with Gasteiger partial charge in [-0.15, -0.1) is 0 Å². The molecule has 1 amide bonds. The van der Waals surface area contributed by atoms with Crippen molar-refractivity contribution >= 4 is 5.91 Å². The van der Waals surface area contributed by atoms with Crippen LogP contribution in [0.1, 0.15) is 29.2 Å². The molecule has 0 unspecified atom stereocenters. The van der Waals surface area contributed by atoms with Crippen molar-refractivity contribution in [3.8, 4) is 0 Å². The summed E-state index contributed by atoms with van der Waals surface area (Å²) < 4.78 is 38.8. The number of hydrogen-bond acceptors (Lipinski definition) is 4. The summed E-state index contributed by atoms with van der Waals surface area (Å²) in [5.74, 6) is -0.284. The molecule has 25 heavy (non-hydrogen) atoms. The molecule has 0 saturated carbocycles. The van der Waals surface area contributed by atoms with Gasteiger partial charge >= 0.3 is 6.18 Å². The highest BCUT2D eigenvalue weighted by atomic mass is 19.4. The molecule has 0 radical (unpaired) electrons. The normalized spacial score (nSPS) is 20.7. The summed E-state index contributed by atoms with van der Waals surface area (Å²) in [5, 5.41) is 9.93. The predicted octanol–water partition coefficient (Wildman–Crippen LogP) is 2.37. The minimum absolute atomic E-state index is 0.0308. The zero-order valence-electron chi connectivity index (χ0n) is 13.1. The first kappa shape index (κ1) is 17.3. The maximum Gasteiger partial charge on any atom is 0.416 e. The SMILES string of the molecule is O=C(Cc1cncnc1)N1C[C@@H](O)C[C@H]1c1cccc(C(F)(F)F)c1. The lowest BCUT2D eigenvalue weighted by Crippen LogP contribution is -2.33. The number of amides is 1. The van der Waals surface area contributed by atoms with E-state index in [1.54, 1.807) is 6.07 Å². The Morgan fingerprint density at radius 1 is 1.28 bits per heavy atom. The van der Waals surface area contributed by atoms with Crippen molar-refractivity contribution in [3.63, 3.8) is 0 Å². The minimum Gasteiger partial charge on any atom is -0.391 e. The predicted molar refractivity (Wildman–Crippen MR) is 82.3 cm³/mol. The first-order chi connectivity index (χ1) is 11.8. The van der Waals surface area contributed by atoms with Crippen LogP contribution >= 0.6 is 0 Å². The number of carbonyl (C=O) groups is 1. The van der Waals surface area contributed by atoms with Crippen LogP contribution in [0.5, 0.6) is 0 Å². The van der Waals surface area contributed by atoms with Crippen molar-refractivity contribution < 1.29 is 23.1 Å². The van der Waals surface area contributed by atoms with Crippen molar-refractivity contribution in [2.75, 3.05) is 6.54 Å². The van der Waals surface area contributed by atoms with Crippen LogP contribution in [0.15, 0.2) is 43.0 Å². The van der Waals surface area contributed by atoms with Gasteiger partial charge in [0.15, 0.2) is 0 Å². The summed E-state index contributed by atoms with van der Waals surface area (Å²) in [6, 6.07) is 4.30. The summed E-state index contributed by atoms with van der Waals surface area (Å²) in [5.41, 5.74) is 0.205. The van der Waals surface area contributed by atoms with Crippen LogP contribution in [0.3, 0.4) is 0 Å². The second-order valence-electron chi connectivity index (χ2n) is 6.00. The highest BCUT2D eigenvalue weighted by molar-refractivity contribution is 5.79. The molecule has 1 aliphatic rings. The third-order valence-electron chi connectivity index (χ3n) is 4.17. The van der Waals surface area contributed by atoms with Gasteiger partial charge in [-0.1, -0.05) is 12.1 Å². The van der Waals surface area contributed by atoms with E-state index in [2.05, 4.69) is 9.97 Å². The summed E-state index contributed by atoms with van der Waals surface area (Å²) in [6.07, 6.45) is -0.618. The fraction of sp³-hybridized carbons (Fsp3) is 0.353. The van der Waals surface area contributed by atoms with Gasteiger partial charge in [-0.2, -0.15) is 13.2 Å². The molecule has 1 fully saturated rings. The summed E-state index contributed by atoms with van der Waals surface area (Å²) in [4.78, 5) is 21.7. The lowest BCUT2D eigenvalue weighted by Gasteiger charge is -2.25. The Balaban J connectivity index is 1.83. The van der Waals surface area contributed by atoms with Crippen LogP contribution < -0.4 is 0 Å². The standard InChI is InChI=1S/C17H16F3N3O2/c18-17(19,20)13-3-1-2-12(5-13)15-6-14(24)9-23(15)16(25)4-11-7-21-10-22-8-11/h1-3,5,7-8,10,14-15,24H,4,6,9H2/t14-,15-/m0/s1. The third-order valence-corrected chi connectivity index (χ3v) is 4.17. The largest absolute Gasteiger partial charge is 0.416 e. The van der Waals surface area contributed by atoms with Gasteiger partial charge in [0.2, 0.25) is 5.91 Å². The first-order valence-electron chi connectivity index (χ1n) is 7.73. The zero-order valence-corrected chi connectivity index (χ0v) is 13.1. The van der Waals surface area contributed by atoms with Gasteiger partial charge in [0, 0.05) is 18.9 Å². The van der Waals surface area contributed by atoms with Gasteiger partial charge in [-0.3, -0.25) is 4.79 Å². The van der Waals surface area contributed by atoms with E-state index >= 15 is 0 Å². The third kappa shape index (κ3) is 3.96. The summed E-state index contributed by atoms with van der Waals surface area (Å²) >= 11 is 0. The highest BCUT2D eigenvalue weighted by Crippen LogP contribution is 2.36. The van der Waals surface area contributed by atoms with Crippen LogP contribution in [-0.4, -0.2) is 38.5 Å². The Labute approximate surface area is 142 Å². The molecule has 1 saturated heterocycles. The van der Waals surface area contributed by atoms with E-state index in [0.717, 1.165) is 12.1 Å². The topological polar surface area (TPSA) is 66.3 Å². The molecule has 0 spiro atoms. The number of rotatable bonds is 3. The van der Waals surface area contributed by atoms with Gasteiger partial charge in [0.05, 0.1) is 24.1 Å². The molecule has 5 nitrogen and oxygen atoms in total. The Bertz CT molecular complexity index is 752. The van der Waals surface area contributed by atoms with Gasteiger partial charge in [-0.25, -0.2) is 9.97 Å². The maximum atomic E-state index is 12.9. The molecule has 1 N–H and O–H groups in total. The van der Waals surface area contributed by atoms with Crippen molar-refractivity contribution in [1.82, 2.24) is 14.9 Å². The second kappa shape index (κ2) is 6.79. The minimum atomic E-state index is -4.45. The quantitative estimate of drug-likeness (QED) is 0.922. The summed E-state index contributed by atoms with van der Waals surface area (Å²) in [7, 11) is 0. The van der Waals surface area contributed by atoms with E-state index < -0.39 is 23.9 Å². The van der Waals surface area contributed by atoms with E-state index in [-0.39, 0.29) is 25.3 Å². The molecule has 2 atom stereocenters. The number of halogens is 3. The van der Waals surface area contributed by atoms with Crippen LogP contribution in [0.2, 0.25) is 0 Å². The second-order valence-corrected chi connectivity index (χ2v) is 6.00. The number of aliphatic hydroxyl groups excluding tert-OH is 1. The molecule has 132 valence electrons. The summed E-state index contributed by atoms with van der Waals surface area (Å²) in [6.45, 7) is 0.0907. The number of hydrogen-bond donors (Lipinski definition) is 1. The van der Waals surface area contributed by atoms with Gasteiger partial charge in [-0.05, 0) is 29.7 Å². The van der Waals surface area contributed by atoms with Crippen LogP contribution in [-0.2, 0) is 17.4 Å². The van der Waals surface area contributed by atoms with Gasteiger partial charge in [0.1, 0.15) is 6.33 Å². The Morgan fingerprint density at radius 2 is 2.00 bits per heavy atom. The molecule has 2 heterocycles. The molecule has 1 aromatic heterocycles. The van der Waals surface area contributed by atoms with Crippen molar-refractivity contribution in [2.45, 2.75) is 31.2 Å². The number of nitrogens with zero attached hydrogens (tertiary/aromatic N) is 3. The number of aromatic nitrogens is 2. The smallest absolute Gasteiger partial charge is 0.391 e. The van der Waals surface area contributed by atoms with E-state index in [0.29, 0.717) is 11.1 Å². The average Bonchev–Trinajstić information content (AvgIpc) is 2.97. The molecule has 0 bridgehead atoms. The first-order valence-corrected chi connectivity index (χ1v) is 7.73. The number of carbonyl (C=O) groups excluding carboxylic acids is 1. The Kier molecular flexibility index (Phi) is 4.71. The number of alkyl halides is 3. The molecule has 2 aromatic rings. The molecular weight excluding hydrogens is 335 g/mol. The Hall–Kier alpha value is -2.48. The van der Waals surface area contributed by atoms with Crippen LogP contribution in [0, 0.1) is 0 Å². The lowest BCUT2D eigenvalue weighted by molar-refractivity contribution is -0.137. The van der Waals surface area contributed by atoms with E-state index in [4.69, 9.17) is 0 Å². The highest BCUT2D eigenvalue weighted by Gasteiger charge is 2.37. The molecule has 1 aliphatic heterocycles. The number of aliphatic hydroxyl groups is 1. The van der Waals surface area contributed by atoms with Gasteiger partial charge < -0.3 is 10.0 Å². The number of β-amino-alcohol motifs (C(OH)–C–C–N with tert-alkyl or cyclic N) is 1. The fourth-order valence-electron chi connectivity index (χ4n) is 3.03. The van der Waals surface area contributed by atoms with Crippen molar-refractivity contribution in [1.29, 1.82) is 0 Å². The van der Waals surface area contributed by atoms with Crippen molar-refractivity contribution in [2.24, 2.45) is 0 Å². The van der Waals surface area contributed by atoms with Crippen LogP contribution in [0.25, 0.3) is 0 Å². The van der Waals surface area contributed by atoms with E-state index in [1.807, 2.05) is 0 Å². The van der Waals surface area contributed by atoms with E-state index in [1.165, 1.54) is 29.7 Å². The van der Waals surface area contributed by atoms with Crippen LogP contribution in [0.4, 0.5) is 13.2 Å². The molecule has 0 aliphatic carbocycles. The number of benzene rings is 1. The number of likely N-dealkylation sites (tertiary alicyclic amines) is 1. The maximum absolute atomic E-state index is 12.9. The average molecular weight is 351 g/mol.